The second kappa shape index (κ2) is 11.4. The molecular weight excluding hydrogens is 400 g/mol. The minimum absolute atomic E-state index is 0.0186. The van der Waals surface area contributed by atoms with Gasteiger partial charge in [-0.25, -0.2) is 4.79 Å². The highest BCUT2D eigenvalue weighted by atomic mass is 32.1. The molecular formula is C18H32N4O6S. The van der Waals surface area contributed by atoms with Gasteiger partial charge >= 0.3 is 5.97 Å². The van der Waals surface area contributed by atoms with Crippen molar-refractivity contribution < 1.29 is 29.4 Å². The average Bonchev–Trinajstić information content (AvgIpc) is 3.12. The fourth-order valence-corrected chi connectivity index (χ4v) is 3.36. The molecule has 1 fully saturated rings. The van der Waals surface area contributed by atoms with Gasteiger partial charge in [0.15, 0.2) is 0 Å². The third-order valence-corrected chi connectivity index (χ3v) is 5.13. The Bertz CT molecular complexity index is 615. The number of nitrogens with zero attached hydrogens (tertiary/aromatic N) is 1. The monoisotopic (exact) mass is 432 g/mol. The summed E-state index contributed by atoms with van der Waals surface area (Å²) in [5.74, 6) is -2.85. The zero-order valence-electron chi connectivity index (χ0n) is 17.0. The van der Waals surface area contributed by atoms with E-state index in [9.17, 15) is 29.4 Å². The molecule has 6 N–H and O–H groups in total. The van der Waals surface area contributed by atoms with Crippen LogP contribution in [0.25, 0.3) is 0 Å². The lowest BCUT2D eigenvalue weighted by atomic mass is 10.0. The van der Waals surface area contributed by atoms with Gasteiger partial charge in [-0.2, -0.15) is 12.6 Å². The number of likely N-dealkylation sites (tertiary alicyclic amines) is 1. The highest BCUT2D eigenvalue weighted by Gasteiger charge is 2.38. The van der Waals surface area contributed by atoms with Gasteiger partial charge in [0.05, 0.1) is 12.1 Å². The molecule has 1 aliphatic heterocycles. The number of carboxylic acid groups (broad SMARTS) is 1. The van der Waals surface area contributed by atoms with Crippen LogP contribution >= 0.6 is 12.6 Å². The highest BCUT2D eigenvalue weighted by molar-refractivity contribution is 7.80. The number of carboxylic acids is 1. The Hall–Kier alpha value is -1.85. The lowest BCUT2D eigenvalue weighted by Gasteiger charge is -2.29. The molecule has 0 spiro atoms. The van der Waals surface area contributed by atoms with Gasteiger partial charge in [0.25, 0.3) is 0 Å². The molecule has 5 unspecified atom stereocenters. The molecule has 0 saturated carbocycles. The van der Waals surface area contributed by atoms with Gasteiger partial charge in [0, 0.05) is 12.3 Å². The van der Waals surface area contributed by atoms with E-state index in [4.69, 9.17) is 5.73 Å². The molecule has 5 atom stereocenters. The van der Waals surface area contributed by atoms with E-state index in [1.165, 1.54) is 11.8 Å². The number of rotatable bonds is 10. The van der Waals surface area contributed by atoms with E-state index in [2.05, 4.69) is 23.3 Å². The van der Waals surface area contributed by atoms with Gasteiger partial charge in [-0.1, -0.05) is 13.8 Å². The van der Waals surface area contributed by atoms with Gasteiger partial charge in [-0.05, 0) is 32.1 Å². The van der Waals surface area contributed by atoms with Crippen LogP contribution in [-0.2, 0) is 19.2 Å². The maximum atomic E-state index is 12.7. The van der Waals surface area contributed by atoms with Gasteiger partial charge in [0.2, 0.25) is 17.7 Å². The Kier molecular flexibility index (Phi) is 9.87. The number of thiol groups is 1. The van der Waals surface area contributed by atoms with E-state index in [0.717, 1.165) is 0 Å². The number of amides is 3. The molecule has 11 heteroatoms. The van der Waals surface area contributed by atoms with Gasteiger partial charge in [-0.3, -0.25) is 14.4 Å². The van der Waals surface area contributed by atoms with Crippen molar-refractivity contribution in [2.24, 2.45) is 11.7 Å². The summed E-state index contributed by atoms with van der Waals surface area (Å²) >= 11 is 4.00. The lowest BCUT2D eigenvalue weighted by molar-refractivity contribution is -0.144. The summed E-state index contributed by atoms with van der Waals surface area (Å²) in [4.78, 5) is 50.3. The molecule has 10 nitrogen and oxygen atoms in total. The molecule has 0 aliphatic carbocycles. The zero-order valence-corrected chi connectivity index (χ0v) is 17.9. The standard InChI is InChI=1S/C18H32N4O6S/c1-9(2)7-12(18(27)28)20-16(25)14(10(3)23)21-15(24)13-5-4-6-22(13)17(26)11(19)8-29/h9-14,23,29H,4-8,19H2,1-3H3,(H,20,25)(H,21,24)(H,27,28). The fourth-order valence-electron chi connectivity index (χ4n) is 3.20. The number of aliphatic carboxylic acids is 1. The van der Waals surface area contributed by atoms with E-state index in [-0.39, 0.29) is 18.1 Å². The molecule has 1 aliphatic rings. The predicted octanol–water partition coefficient (Wildman–Crippen LogP) is -1.28. The SMILES string of the molecule is CC(C)CC(NC(=O)C(NC(=O)C1CCCN1C(=O)C(N)CS)C(C)O)C(=O)O. The van der Waals surface area contributed by atoms with Crippen molar-refractivity contribution in [2.45, 2.75) is 70.3 Å². The molecule has 3 amide bonds. The molecule has 1 rings (SSSR count). The first-order valence-corrected chi connectivity index (χ1v) is 10.3. The van der Waals surface area contributed by atoms with E-state index < -0.39 is 54.0 Å². The Morgan fingerprint density at radius 3 is 2.31 bits per heavy atom. The smallest absolute Gasteiger partial charge is 0.326 e. The number of nitrogens with two attached hydrogens (primary N) is 1. The van der Waals surface area contributed by atoms with Crippen molar-refractivity contribution in [3.63, 3.8) is 0 Å². The fraction of sp³-hybridized carbons (Fsp3) is 0.778. The first-order chi connectivity index (χ1) is 13.5. The number of aliphatic hydroxyl groups excluding tert-OH is 1. The lowest BCUT2D eigenvalue weighted by Crippen LogP contribution is -2.59. The van der Waals surface area contributed by atoms with Crippen LogP contribution in [0.5, 0.6) is 0 Å². The van der Waals surface area contributed by atoms with Crippen LogP contribution in [0.2, 0.25) is 0 Å². The summed E-state index contributed by atoms with van der Waals surface area (Å²) in [6.07, 6.45) is -0.0633. The predicted molar refractivity (Wildman–Crippen MR) is 109 cm³/mol. The Balaban J connectivity index is 2.86. The van der Waals surface area contributed by atoms with E-state index in [1.54, 1.807) is 0 Å². The van der Waals surface area contributed by atoms with Crippen LogP contribution in [0.15, 0.2) is 0 Å². The number of carbonyl (C=O) groups is 4. The van der Waals surface area contributed by atoms with Crippen LogP contribution in [0.1, 0.15) is 40.0 Å². The molecule has 0 bridgehead atoms. The van der Waals surface area contributed by atoms with Crippen molar-refractivity contribution >= 4 is 36.3 Å². The molecule has 1 saturated heterocycles. The van der Waals surface area contributed by atoms with Crippen molar-refractivity contribution in [2.75, 3.05) is 12.3 Å². The summed E-state index contributed by atoms with van der Waals surface area (Å²) in [5, 5.41) is 24.1. The Morgan fingerprint density at radius 2 is 1.83 bits per heavy atom. The zero-order chi connectivity index (χ0) is 22.3. The number of hydrogen-bond donors (Lipinski definition) is 6. The second-order valence-electron chi connectivity index (χ2n) is 7.73. The number of hydrogen-bond acceptors (Lipinski definition) is 7. The minimum Gasteiger partial charge on any atom is -0.480 e. The summed E-state index contributed by atoms with van der Waals surface area (Å²) < 4.78 is 0. The van der Waals surface area contributed by atoms with Crippen molar-refractivity contribution in [3.05, 3.63) is 0 Å². The van der Waals surface area contributed by atoms with E-state index in [0.29, 0.717) is 19.4 Å². The maximum absolute atomic E-state index is 12.7. The van der Waals surface area contributed by atoms with Crippen LogP contribution in [-0.4, -0.2) is 81.4 Å². The van der Waals surface area contributed by atoms with Gasteiger partial charge in [0.1, 0.15) is 18.1 Å². The summed E-state index contributed by atoms with van der Waals surface area (Å²) in [7, 11) is 0. The molecule has 0 aromatic rings. The maximum Gasteiger partial charge on any atom is 0.326 e. The third-order valence-electron chi connectivity index (χ3n) is 4.74. The highest BCUT2D eigenvalue weighted by Crippen LogP contribution is 2.19. The third kappa shape index (κ3) is 7.16. The van der Waals surface area contributed by atoms with Gasteiger partial charge in [-0.15, -0.1) is 0 Å². The van der Waals surface area contributed by atoms with Crippen LogP contribution in [0, 0.1) is 5.92 Å². The molecule has 0 radical (unpaired) electrons. The first-order valence-electron chi connectivity index (χ1n) is 9.68. The van der Waals surface area contributed by atoms with Crippen molar-refractivity contribution in [1.82, 2.24) is 15.5 Å². The molecule has 1 heterocycles. The normalized spacial score (nSPS) is 20.7. The Labute approximate surface area is 176 Å². The summed E-state index contributed by atoms with van der Waals surface area (Å²) in [6, 6.07) is -4.14. The molecule has 0 aromatic carbocycles. The summed E-state index contributed by atoms with van der Waals surface area (Å²) in [5.41, 5.74) is 5.72. The van der Waals surface area contributed by atoms with E-state index in [1.807, 2.05) is 13.8 Å². The summed E-state index contributed by atoms with van der Waals surface area (Å²) in [6.45, 7) is 5.31. The number of nitrogens with one attached hydrogen (secondary N) is 2. The largest absolute Gasteiger partial charge is 0.480 e. The number of aliphatic hydroxyl groups is 1. The van der Waals surface area contributed by atoms with Crippen molar-refractivity contribution in [3.8, 4) is 0 Å². The minimum atomic E-state index is -1.35. The van der Waals surface area contributed by atoms with Crippen molar-refractivity contribution in [1.29, 1.82) is 0 Å². The Morgan fingerprint density at radius 1 is 1.21 bits per heavy atom. The van der Waals surface area contributed by atoms with Crippen LogP contribution in [0.4, 0.5) is 0 Å². The topological polar surface area (TPSA) is 162 Å². The molecule has 0 aromatic heterocycles. The first kappa shape index (κ1) is 25.2. The van der Waals surface area contributed by atoms with Gasteiger partial charge < -0.3 is 31.5 Å². The average molecular weight is 433 g/mol. The van der Waals surface area contributed by atoms with Crippen LogP contribution in [0.3, 0.4) is 0 Å². The number of carbonyl (C=O) groups excluding carboxylic acids is 3. The molecule has 166 valence electrons. The van der Waals surface area contributed by atoms with Crippen LogP contribution < -0.4 is 16.4 Å². The second-order valence-corrected chi connectivity index (χ2v) is 8.10. The van der Waals surface area contributed by atoms with E-state index >= 15 is 0 Å². The molecule has 29 heavy (non-hydrogen) atoms. The quantitative estimate of drug-likeness (QED) is 0.234.